The number of aromatic nitrogens is 2. The van der Waals surface area contributed by atoms with Gasteiger partial charge in [-0.2, -0.15) is 18.3 Å². The van der Waals surface area contributed by atoms with Gasteiger partial charge in [0.1, 0.15) is 0 Å². The summed E-state index contributed by atoms with van der Waals surface area (Å²) in [6, 6.07) is 2.92. The lowest BCUT2D eigenvalue weighted by atomic mass is 10.2. The summed E-state index contributed by atoms with van der Waals surface area (Å²) in [7, 11) is 0. The van der Waals surface area contributed by atoms with Crippen molar-refractivity contribution in [3.8, 4) is 0 Å². The van der Waals surface area contributed by atoms with Crippen LogP contribution in [0.1, 0.15) is 57.2 Å². The normalized spacial score (nSPS) is 15.3. The smallest absolute Gasteiger partial charge is 0.297 e. The molecule has 7 heteroatoms. The maximum atomic E-state index is 12.9. The van der Waals surface area contributed by atoms with Crippen molar-refractivity contribution >= 4 is 17.6 Å². The summed E-state index contributed by atoms with van der Waals surface area (Å²) in [5.41, 5.74) is 0.694. The van der Waals surface area contributed by atoms with Crippen molar-refractivity contribution in [2.24, 2.45) is 0 Å². The first-order valence-corrected chi connectivity index (χ1v) is 7.95. The fraction of sp³-hybridized carbons (Fsp3) is 0.467. The van der Waals surface area contributed by atoms with Gasteiger partial charge in [-0.25, -0.2) is 0 Å². The molecule has 22 heavy (non-hydrogen) atoms. The Balaban J connectivity index is 1.96. The molecule has 0 saturated heterocycles. The summed E-state index contributed by atoms with van der Waals surface area (Å²) >= 11 is 1.39. The Bertz CT molecular complexity index is 698. The summed E-state index contributed by atoms with van der Waals surface area (Å²) in [6.07, 6.45) is -1.08. The van der Waals surface area contributed by atoms with Crippen LogP contribution in [-0.4, -0.2) is 16.1 Å². The summed E-state index contributed by atoms with van der Waals surface area (Å²) in [5.74, 6) is 0.179. The van der Waals surface area contributed by atoms with Crippen molar-refractivity contribution in [3.63, 3.8) is 0 Å². The van der Waals surface area contributed by atoms with E-state index < -0.39 is 11.9 Å². The van der Waals surface area contributed by atoms with E-state index in [9.17, 15) is 18.0 Å². The van der Waals surface area contributed by atoms with E-state index in [0.29, 0.717) is 10.6 Å². The SMILES string of the molecule is CCc1sc(C=O)cc1Cn1nc(C(F)(F)F)cc1C1CC1. The lowest BCUT2D eigenvalue weighted by molar-refractivity contribution is -0.141. The molecule has 0 bridgehead atoms. The molecule has 3 rings (SSSR count). The van der Waals surface area contributed by atoms with Crippen molar-refractivity contribution in [1.82, 2.24) is 9.78 Å². The second-order valence-corrected chi connectivity index (χ2v) is 6.62. The van der Waals surface area contributed by atoms with Crippen LogP contribution in [0.2, 0.25) is 0 Å². The lowest BCUT2D eigenvalue weighted by Crippen LogP contribution is -2.10. The van der Waals surface area contributed by atoms with Gasteiger partial charge in [0.05, 0.1) is 11.4 Å². The van der Waals surface area contributed by atoms with E-state index in [0.717, 1.165) is 42.1 Å². The molecule has 0 amide bonds. The monoisotopic (exact) mass is 328 g/mol. The van der Waals surface area contributed by atoms with Crippen molar-refractivity contribution in [2.45, 2.75) is 44.8 Å². The number of hydrogen-bond acceptors (Lipinski definition) is 3. The zero-order valence-electron chi connectivity index (χ0n) is 12.0. The largest absolute Gasteiger partial charge is 0.435 e. The van der Waals surface area contributed by atoms with Gasteiger partial charge in [-0.05, 0) is 37.0 Å². The molecule has 2 aromatic heterocycles. The number of rotatable bonds is 5. The first-order valence-electron chi connectivity index (χ1n) is 7.14. The molecule has 3 nitrogen and oxygen atoms in total. The number of thiophene rings is 1. The van der Waals surface area contributed by atoms with Crippen molar-refractivity contribution in [1.29, 1.82) is 0 Å². The average molecular weight is 328 g/mol. The van der Waals surface area contributed by atoms with Crippen molar-refractivity contribution in [2.75, 3.05) is 0 Å². The predicted octanol–water partition coefficient (Wildman–Crippen LogP) is 4.26. The number of aryl methyl sites for hydroxylation is 1. The van der Waals surface area contributed by atoms with Gasteiger partial charge in [0.15, 0.2) is 12.0 Å². The molecular formula is C15H15F3N2OS. The second-order valence-electron chi connectivity index (χ2n) is 5.45. The molecule has 0 spiro atoms. The highest BCUT2D eigenvalue weighted by molar-refractivity contribution is 7.13. The Morgan fingerprint density at radius 2 is 2.14 bits per heavy atom. The standard InChI is InChI=1S/C15H15F3N2OS/c1-2-13-10(5-11(8-21)22-13)7-20-12(9-3-4-9)6-14(19-20)15(16,17)18/h5-6,8-9H,2-4,7H2,1H3. The van der Waals surface area contributed by atoms with Gasteiger partial charge in [-0.15, -0.1) is 11.3 Å². The minimum absolute atomic E-state index is 0.179. The number of carbonyl (C=O) groups is 1. The van der Waals surface area contributed by atoms with E-state index in [1.54, 1.807) is 6.07 Å². The summed E-state index contributed by atoms with van der Waals surface area (Å²) in [4.78, 5) is 12.5. The molecule has 0 atom stereocenters. The molecule has 1 aliphatic rings. The fourth-order valence-electron chi connectivity index (χ4n) is 2.55. The van der Waals surface area contributed by atoms with Crippen LogP contribution in [0.5, 0.6) is 0 Å². The van der Waals surface area contributed by atoms with Crippen LogP contribution in [0.15, 0.2) is 12.1 Å². The van der Waals surface area contributed by atoms with E-state index in [1.165, 1.54) is 16.0 Å². The number of carbonyl (C=O) groups excluding carboxylic acids is 1. The van der Waals surface area contributed by atoms with E-state index >= 15 is 0 Å². The van der Waals surface area contributed by atoms with Crippen LogP contribution in [0.25, 0.3) is 0 Å². The van der Waals surface area contributed by atoms with Crippen LogP contribution in [0.4, 0.5) is 13.2 Å². The molecule has 0 aliphatic heterocycles. The van der Waals surface area contributed by atoms with Gasteiger partial charge in [-0.3, -0.25) is 9.48 Å². The van der Waals surface area contributed by atoms with Crippen molar-refractivity contribution < 1.29 is 18.0 Å². The molecule has 0 unspecified atom stereocenters. The van der Waals surface area contributed by atoms with E-state index in [4.69, 9.17) is 0 Å². The topological polar surface area (TPSA) is 34.9 Å². The molecule has 0 radical (unpaired) electrons. The number of hydrogen-bond donors (Lipinski definition) is 0. The van der Waals surface area contributed by atoms with Gasteiger partial charge < -0.3 is 0 Å². The number of nitrogens with zero attached hydrogens (tertiary/aromatic N) is 2. The average Bonchev–Trinajstić information content (AvgIpc) is 3.09. The number of halogens is 3. The maximum absolute atomic E-state index is 12.9. The van der Waals surface area contributed by atoms with E-state index in [-0.39, 0.29) is 12.5 Å². The first-order chi connectivity index (χ1) is 10.4. The first kappa shape index (κ1) is 15.3. The van der Waals surface area contributed by atoms with Crippen molar-refractivity contribution in [3.05, 3.63) is 38.8 Å². The second kappa shape index (κ2) is 5.53. The molecule has 2 heterocycles. The Kier molecular flexibility index (Phi) is 3.84. The molecule has 1 fully saturated rings. The van der Waals surface area contributed by atoms with Crippen LogP contribution in [0.3, 0.4) is 0 Å². The molecule has 2 aromatic rings. The highest BCUT2D eigenvalue weighted by Gasteiger charge is 2.37. The Morgan fingerprint density at radius 1 is 1.41 bits per heavy atom. The predicted molar refractivity (Wildman–Crippen MR) is 77.4 cm³/mol. The molecular weight excluding hydrogens is 313 g/mol. The van der Waals surface area contributed by atoms with Crippen LogP contribution in [0, 0.1) is 0 Å². The third-order valence-corrected chi connectivity index (χ3v) is 5.02. The van der Waals surface area contributed by atoms with Crippen LogP contribution < -0.4 is 0 Å². The molecule has 0 N–H and O–H groups in total. The fourth-order valence-corrected chi connectivity index (χ4v) is 3.48. The summed E-state index contributed by atoms with van der Waals surface area (Å²) in [6.45, 7) is 2.26. The Hall–Kier alpha value is -1.63. The summed E-state index contributed by atoms with van der Waals surface area (Å²) < 4.78 is 40.1. The molecule has 118 valence electrons. The van der Waals surface area contributed by atoms with E-state index in [2.05, 4.69) is 5.10 Å². The zero-order chi connectivity index (χ0) is 15.9. The molecule has 1 aliphatic carbocycles. The molecule has 0 aromatic carbocycles. The Morgan fingerprint density at radius 3 is 2.68 bits per heavy atom. The number of aldehydes is 1. The highest BCUT2D eigenvalue weighted by Crippen LogP contribution is 2.42. The quantitative estimate of drug-likeness (QED) is 0.769. The van der Waals surface area contributed by atoms with Gasteiger partial charge in [0, 0.05) is 16.5 Å². The number of alkyl halides is 3. The van der Waals surface area contributed by atoms with Gasteiger partial charge in [0.2, 0.25) is 0 Å². The molecule has 1 saturated carbocycles. The maximum Gasteiger partial charge on any atom is 0.435 e. The van der Waals surface area contributed by atoms with Gasteiger partial charge in [-0.1, -0.05) is 6.92 Å². The van der Waals surface area contributed by atoms with E-state index in [1.807, 2.05) is 6.92 Å². The lowest BCUT2D eigenvalue weighted by Gasteiger charge is -2.07. The van der Waals surface area contributed by atoms with Crippen LogP contribution in [-0.2, 0) is 19.1 Å². The van der Waals surface area contributed by atoms with Crippen LogP contribution >= 0.6 is 11.3 Å². The zero-order valence-corrected chi connectivity index (χ0v) is 12.8. The van der Waals surface area contributed by atoms with Gasteiger partial charge in [0.25, 0.3) is 0 Å². The third-order valence-electron chi connectivity index (χ3n) is 3.77. The summed E-state index contributed by atoms with van der Waals surface area (Å²) in [5, 5.41) is 3.76. The third kappa shape index (κ3) is 2.95. The minimum Gasteiger partial charge on any atom is -0.297 e. The Labute approximate surface area is 129 Å². The van der Waals surface area contributed by atoms with Gasteiger partial charge >= 0.3 is 6.18 Å². The minimum atomic E-state index is -4.43. The highest BCUT2D eigenvalue weighted by atomic mass is 32.1.